The first-order valence-electron chi connectivity index (χ1n) is 7.47. The van der Waals surface area contributed by atoms with Gasteiger partial charge >= 0.3 is 4.87 Å². The molecule has 0 fully saturated rings. The van der Waals surface area contributed by atoms with Gasteiger partial charge in [-0.15, -0.1) is 0 Å². The predicted molar refractivity (Wildman–Crippen MR) is 95.5 cm³/mol. The number of hydrazone groups is 1. The lowest BCUT2D eigenvalue weighted by atomic mass is 10.2. The summed E-state index contributed by atoms with van der Waals surface area (Å²) in [4.78, 5) is 27.9. The highest BCUT2D eigenvalue weighted by atomic mass is 32.1. The van der Waals surface area contributed by atoms with E-state index >= 15 is 0 Å². The van der Waals surface area contributed by atoms with Crippen LogP contribution in [0.5, 0.6) is 0 Å². The highest BCUT2D eigenvalue weighted by Gasteiger charge is 2.07. The van der Waals surface area contributed by atoms with Crippen molar-refractivity contribution in [3.8, 4) is 0 Å². The molecular formula is C17H16N4O2S. The summed E-state index contributed by atoms with van der Waals surface area (Å²) in [6, 6.07) is 11.0. The molecule has 0 aliphatic carbocycles. The number of benzene rings is 1. The summed E-state index contributed by atoms with van der Waals surface area (Å²) >= 11 is 1.24. The van der Waals surface area contributed by atoms with Gasteiger partial charge in [-0.2, -0.15) is 5.10 Å². The predicted octanol–water partition coefficient (Wildman–Crippen LogP) is 2.65. The van der Waals surface area contributed by atoms with E-state index in [1.807, 2.05) is 31.2 Å². The van der Waals surface area contributed by atoms with Gasteiger partial charge < -0.3 is 0 Å². The molecule has 1 N–H and O–H groups in total. The number of rotatable bonds is 5. The van der Waals surface area contributed by atoms with Crippen molar-refractivity contribution in [2.75, 3.05) is 0 Å². The van der Waals surface area contributed by atoms with Crippen molar-refractivity contribution in [2.24, 2.45) is 5.10 Å². The number of thiazole rings is 1. The third kappa shape index (κ3) is 3.57. The molecule has 6 nitrogen and oxygen atoms in total. The number of para-hydroxylation sites is 1. The van der Waals surface area contributed by atoms with Gasteiger partial charge in [-0.3, -0.25) is 19.1 Å². The van der Waals surface area contributed by atoms with Crippen molar-refractivity contribution in [1.82, 2.24) is 15.0 Å². The number of pyridine rings is 1. The van der Waals surface area contributed by atoms with E-state index in [4.69, 9.17) is 0 Å². The molecule has 0 aliphatic heterocycles. The Morgan fingerprint density at radius 3 is 2.79 bits per heavy atom. The fraction of sp³-hybridized carbons (Fsp3) is 0.176. The average Bonchev–Trinajstić information content (AvgIpc) is 2.93. The van der Waals surface area contributed by atoms with Crippen LogP contribution in [-0.2, 0) is 6.54 Å². The normalized spacial score (nSPS) is 11.6. The number of hydrogen-bond donors (Lipinski definition) is 1. The molecule has 0 unspecified atom stereocenters. The van der Waals surface area contributed by atoms with Crippen LogP contribution in [0.1, 0.15) is 23.7 Å². The SMILES string of the molecule is CC(CCn1c(=O)sc2ccccc21)=NNC(=O)c1ccncc1. The molecule has 0 radical (unpaired) electrons. The monoisotopic (exact) mass is 340 g/mol. The zero-order chi connectivity index (χ0) is 16.9. The number of amides is 1. The van der Waals surface area contributed by atoms with E-state index in [9.17, 15) is 9.59 Å². The first-order chi connectivity index (χ1) is 11.6. The van der Waals surface area contributed by atoms with Crippen molar-refractivity contribution in [3.63, 3.8) is 0 Å². The largest absolute Gasteiger partial charge is 0.308 e. The maximum absolute atomic E-state index is 12.1. The van der Waals surface area contributed by atoms with E-state index in [-0.39, 0.29) is 10.8 Å². The standard InChI is InChI=1S/C17H16N4O2S/c1-12(19-20-16(22)13-6-9-18-10-7-13)8-11-21-14-4-2-3-5-15(14)24-17(21)23/h2-7,9-10H,8,11H2,1H3,(H,20,22). The highest BCUT2D eigenvalue weighted by molar-refractivity contribution is 7.16. The van der Waals surface area contributed by atoms with Gasteiger partial charge in [0.15, 0.2) is 0 Å². The van der Waals surface area contributed by atoms with Crippen molar-refractivity contribution < 1.29 is 4.79 Å². The summed E-state index contributed by atoms with van der Waals surface area (Å²) in [7, 11) is 0. The third-order valence-electron chi connectivity index (χ3n) is 3.56. The van der Waals surface area contributed by atoms with Gasteiger partial charge in [-0.25, -0.2) is 5.43 Å². The smallest absolute Gasteiger partial charge is 0.298 e. The minimum atomic E-state index is -0.282. The van der Waals surface area contributed by atoms with Gasteiger partial charge in [-0.05, 0) is 31.2 Å². The lowest BCUT2D eigenvalue weighted by Gasteiger charge is -2.05. The van der Waals surface area contributed by atoms with Crippen LogP contribution in [-0.4, -0.2) is 21.2 Å². The Kier molecular flexibility index (Phi) is 4.81. The van der Waals surface area contributed by atoms with E-state index in [0.29, 0.717) is 18.5 Å². The van der Waals surface area contributed by atoms with Crippen LogP contribution in [0.15, 0.2) is 58.7 Å². The van der Waals surface area contributed by atoms with Crippen molar-refractivity contribution in [2.45, 2.75) is 19.9 Å². The van der Waals surface area contributed by atoms with Crippen LogP contribution in [0.4, 0.5) is 0 Å². The van der Waals surface area contributed by atoms with Crippen molar-refractivity contribution >= 4 is 33.2 Å². The Hall–Kier alpha value is -2.80. The Morgan fingerprint density at radius 2 is 2.00 bits per heavy atom. The molecule has 122 valence electrons. The molecule has 0 aliphatic rings. The summed E-state index contributed by atoms with van der Waals surface area (Å²) in [5.41, 5.74) is 4.70. The van der Waals surface area contributed by atoms with Crippen molar-refractivity contribution in [1.29, 1.82) is 0 Å². The number of hydrogen-bond acceptors (Lipinski definition) is 5. The molecule has 2 aromatic heterocycles. The van der Waals surface area contributed by atoms with Gasteiger partial charge in [0, 0.05) is 36.6 Å². The lowest BCUT2D eigenvalue weighted by Crippen LogP contribution is -2.20. The van der Waals surface area contributed by atoms with Crippen LogP contribution < -0.4 is 10.3 Å². The molecule has 7 heteroatoms. The Bertz CT molecular complexity index is 944. The summed E-state index contributed by atoms with van der Waals surface area (Å²) in [5.74, 6) is -0.282. The van der Waals surface area contributed by atoms with Gasteiger partial charge in [0.1, 0.15) is 0 Å². The number of nitrogens with one attached hydrogen (secondary N) is 1. The van der Waals surface area contributed by atoms with E-state index in [2.05, 4.69) is 15.5 Å². The quantitative estimate of drug-likeness (QED) is 0.573. The molecule has 24 heavy (non-hydrogen) atoms. The van der Waals surface area contributed by atoms with Crippen LogP contribution >= 0.6 is 11.3 Å². The number of nitrogens with zero attached hydrogens (tertiary/aromatic N) is 3. The molecule has 0 saturated heterocycles. The molecule has 0 bridgehead atoms. The molecular weight excluding hydrogens is 324 g/mol. The number of fused-ring (bicyclic) bond motifs is 1. The van der Waals surface area contributed by atoms with Gasteiger partial charge in [-0.1, -0.05) is 23.5 Å². The summed E-state index contributed by atoms with van der Waals surface area (Å²) in [6.07, 6.45) is 3.69. The summed E-state index contributed by atoms with van der Waals surface area (Å²) in [6.45, 7) is 2.36. The summed E-state index contributed by atoms with van der Waals surface area (Å²) < 4.78 is 2.71. The minimum absolute atomic E-state index is 0.0184. The Labute approximate surface area is 142 Å². The lowest BCUT2D eigenvalue weighted by molar-refractivity contribution is 0.0954. The fourth-order valence-electron chi connectivity index (χ4n) is 2.27. The van der Waals surface area contributed by atoms with E-state index in [1.54, 1.807) is 29.1 Å². The Morgan fingerprint density at radius 1 is 1.25 bits per heavy atom. The molecule has 3 aromatic rings. The van der Waals surface area contributed by atoms with Crippen LogP contribution in [0.25, 0.3) is 10.2 Å². The second-order valence-electron chi connectivity index (χ2n) is 5.26. The topological polar surface area (TPSA) is 76.3 Å². The van der Waals surface area contributed by atoms with Gasteiger partial charge in [0.25, 0.3) is 5.91 Å². The van der Waals surface area contributed by atoms with Crippen molar-refractivity contribution in [3.05, 3.63) is 64.0 Å². The second-order valence-corrected chi connectivity index (χ2v) is 6.25. The number of carbonyl (C=O) groups is 1. The first-order valence-corrected chi connectivity index (χ1v) is 8.28. The maximum atomic E-state index is 12.1. The number of aryl methyl sites for hydroxylation is 1. The Balaban J connectivity index is 1.64. The van der Waals surface area contributed by atoms with E-state index in [1.165, 1.54) is 11.3 Å². The number of aromatic nitrogens is 2. The molecule has 1 amide bonds. The highest BCUT2D eigenvalue weighted by Crippen LogP contribution is 2.16. The molecule has 0 spiro atoms. The van der Waals surface area contributed by atoms with Crippen LogP contribution in [0.3, 0.4) is 0 Å². The number of carbonyl (C=O) groups excluding carboxylic acids is 1. The second kappa shape index (κ2) is 7.18. The first kappa shape index (κ1) is 16.1. The van der Waals surface area contributed by atoms with Gasteiger partial charge in [0.05, 0.1) is 10.2 Å². The molecule has 2 heterocycles. The third-order valence-corrected chi connectivity index (χ3v) is 4.52. The van der Waals surface area contributed by atoms with E-state index < -0.39 is 0 Å². The average molecular weight is 340 g/mol. The minimum Gasteiger partial charge on any atom is -0.298 e. The zero-order valence-electron chi connectivity index (χ0n) is 13.1. The fourth-order valence-corrected chi connectivity index (χ4v) is 3.19. The zero-order valence-corrected chi connectivity index (χ0v) is 13.9. The maximum Gasteiger partial charge on any atom is 0.308 e. The van der Waals surface area contributed by atoms with Crippen LogP contribution in [0.2, 0.25) is 0 Å². The van der Waals surface area contributed by atoms with Gasteiger partial charge in [0.2, 0.25) is 0 Å². The molecule has 0 atom stereocenters. The molecule has 0 saturated carbocycles. The van der Waals surface area contributed by atoms with E-state index in [0.717, 1.165) is 15.9 Å². The molecule has 1 aromatic carbocycles. The van der Waals surface area contributed by atoms with Crippen LogP contribution in [0, 0.1) is 0 Å². The summed E-state index contributed by atoms with van der Waals surface area (Å²) in [5, 5.41) is 4.09. The molecule has 3 rings (SSSR count).